The van der Waals surface area contributed by atoms with Crippen LogP contribution in [0.25, 0.3) is 0 Å². The number of aliphatic imine (C=N–C) groups is 1. The number of guanidine groups is 1. The average molecular weight is 418 g/mol. The zero-order valence-electron chi connectivity index (χ0n) is 19.6. The zero-order valence-corrected chi connectivity index (χ0v) is 19.6. The van der Waals surface area contributed by atoms with E-state index in [0.717, 1.165) is 38.7 Å². The van der Waals surface area contributed by atoms with Gasteiger partial charge in [0.05, 0.1) is 13.2 Å². The van der Waals surface area contributed by atoms with Crippen LogP contribution in [-0.4, -0.2) is 81.3 Å². The fourth-order valence-corrected chi connectivity index (χ4v) is 3.66. The summed E-state index contributed by atoms with van der Waals surface area (Å²) in [4.78, 5) is 9.89. The highest BCUT2D eigenvalue weighted by molar-refractivity contribution is 5.79. The highest BCUT2D eigenvalue weighted by atomic mass is 16.5. The molecule has 0 amide bonds. The van der Waals surface area contributed by atoms with E-state index in [1.807, 2.05) is 18.2 Å². The molecule has 170 valence electrons. The van der Waals surface area contributed by atoms with Gasteiger partial charge in [0.2, 0.25) is 0 Å². The molecule has 30 heavy (non-hydrogen) atoms. The van der Waals surface area contributed by atoms with Crippen LogP contribution >= 0.6 is 0 Å². The van der Waals surface area contributed by atoms with Crippen molar-refractivity contribution in [1.29, 1.82) is 0 Å². The fraction of sp³-hybridized carbons (Fsp3) is 0.708. The van der Waals surface area contributed by atoms with Crippen LogP contribution in [0, 0.1) is 11.8 Å². The topological polar surface area (TPSA) is 52.1 Å². The molecule has 1 aliphatic heterocycles. The summed E-state index contributed by atoms with van der Waals surface area (Å²) in [6.07, 6.45) is 0. The number of nitrogens with one attached hydrogen (secondary N) is 2. The first-order valence-electron chi connectivity index (χ1n) is 11.7. The quantitative estimate of drug-likeness (QED) is 0.405. The molecular formula is C24H43N5O. The van der Waals surface area contributed by atoms with Gasteiger partial charge in [-0.3, -0.25) is 4.99 Å². The molecule has 1 fully saturated rings. The minimum Gasteiger partial charge on any atom is -0.376 e. The second-order valence-electron chi connectivity index (χ2n) is 8.55. The predicted molar refractivity (Wildman–Crippen MR) is 127 cm³/mol. The minimum absolute atomic E-state index is 0.386. The summed E-state index contributed by atoms with van der Waals surface area (Å²) in [6.45, 7) is 19.9. The molecule has 1 saturated heterocycles. The van der Waals surface area contributed by atoms with Crippen molar-refractivity contribution in [3.05, 3.63) is 35.9 Å². The molecule has 1 heterocycles. The third-order valence-electron chi connectivity index (χ3n) is 5.52. The molecule has 0 bridgehead atoms. The average Bonchev–Trinajstić information content (AvgIpc) is 2.77. The van der Waals surface area contributed by atoms with Crippen LogP contribution in [0.1, 0.15) is 33.3 Å². The summed E-state index contributed by atoms with van der Waals surface area (Å²) in [5, 5.41) is 6.90. The maximum absolute atomic E-state index is 5.85. The van der Waals surface area contributed by atoms with E-state index >= 15 is 0 Å². The van der Waals surface area contributed by atoms with E-state index in [1.54, 1.807) is 0 Å². The second kappa shape index (κ2) is 14.4. The Morgan fingerprint density at radius 2 is 1.70 bits per heavy atom. The van der Waals surface area contributed by atoms with Crippen LogP contribution < -0.4 is 10.6 Å². The Labute approximate surface area is 184 Å². The van der Waals surface area contributed by atoms with Crippen molar-refractivity contribution in [2.45, 2.75) is 34.3 Å². The Morgan fingerprint density at radius 3 is 2.37 bits per heavy atom. The van der Waals surface area contributed by atoms with Gasteiger partial charge in [-0.15, -0.1) is 0 Å². The lowest BCUT2D eigenvalue weighted by Gasteiger charge is -2.35. The van der Waals surface area contributed by atoms with Crippen molar-refractivity contribution >= 4 is 5.96 Å². The normalized spacial score (nSPS) is 18.2. The Morgan fingerprint density at radius 1 is 1.00 bits per heavy atom. The van der Waals surface area contributed by atoms with Crippen LogP contribution in [0.5, 0.6) is 0 Å². The molecule has 2 atom stereocenters. The molecule has 0 aromatic heterocycles. The van der Waals surface area contributed by atoms with Crippen molar-refractivity contribution in [2.75, 3.05) is 65.5 Å². The molecule has 2 N–H and O–H groups in total. The van der Waals surface area contributed by atoms with Crippen molar-refractivity contribution in [3.8, 4) is 0 Å². The van der Waals surface area contributed by atoms with Crippen molar-refractivity contribution in [1.82, 2.24) is 20.4 Å². The van der Waals surface area contributed by atoms with Gasteiger partial charge < -0.3 is 25.2 Å². The van der Waals surface area contributed by atoms with E-state index in [9.17, 15) is 0 Å². The number of hydrogen-bond donors (Lipinski definition) is 2. The van der Waals surface area contributed by atoms with Gasteiger partial charge in [0.15, 0.2) is 5.96 Å². The van der Waals surface area contributed by atoms with Crippen molar-refractivity contribution < 1.29 is 4.74 Å². The molecule has 0 saturated carbocycles. The van der Waals surface area contributed by atoms with Crippen LogP contribution in [0.3, 0.4) is 0 Å². The maximum atomic E-state index is 5.85. The predicted octanol–water partition coefficient (Wildman–Crippen LogP) is 2.67. The number of rotatable bonds is 12. The molecular weight excluding hydrogens is 374 g/mol. The number of nitrogens with zero attached hydrogens (tertiary/aromatic N) is 3. The largest absolute Gasteiger partial charge is 0.376 e. The Kier molecular flexibility index (Phi) is 11.8. The Hall–Kier alpha value is -1.63. The molecule has 6 nitrogen and oxygen atoms in total. The summed E-state index contributed by atoms with van der Waals surface area (Å²) >= 11 is 0. The summed E-state index contributed by atoms with van der Waals surface area (Å²) in [5.74, 6) is 1.89. The van der Waals surface area contributed by atoms with Crippen LogP contribution in [0.15, 0.2) is 35.3 Å². The first-order chi connectivity index (χ1) is 14.6. The first kappa shape index (κ1) is 24.6. The molecule has 0 radical (unpaired) electrons. The standard InChI is InChI=1S/C24H43N5O/c1-5-25-24(26-16-21(3)18-29-14-12-28(6-2)13-15-29)27-17-22(4)19-30-20-23-10-8-7-9-11-23/h7-11,21-22H,5-6,12-20H2,1-4H3,(H2,25,26,27). The molecule has 2 unspecified atom stereocenters. The Bertz CT molecular complexity index is 587. The maximum Gasteiger partial charge on any atom is 0.191 e. The van der Waals surface area contributed by atoms with E-state index in [1.165, 1.54) is 38.3 Å². The first-order valence-corrected chi connectivity index (χ1v) is 11.7. The molecule has 1 aromatic carbocycles. The smallest absolute Gasteiger partial charge is 0.191 e. The summed E-state index contributed by atoms with van der Waals surface area (Å²) in [5.41, 5.74) is 1.22. The highest BCUT2D eigenvalue weighted by Gasteiger charge is 2.17. The molecule has 1 aliphatic rings. The molecule has 0 spiro atoms. The fourth-order valence-electron chi connectivity index (χ4n) is 3.66. The van der Waals surface area contributed by atoms with Gasteiger partial charge >= 0.3 is 0 Å². The van der Waals surface area contributed by atoms with Gasteiger partial charge in [-0.1, -0.05) is 51.1 Å². The van der Waals surface area contributed by atoms with Gasteiger partial charge in [0, 0.05) is 52.4 Å². The van der Waals surface area contributed by atoms with E-state index < -0.39 is 0 Å². The molecule has 1 aromatic rings. The van der Waals surface area contributed by atoms with Gasteiger partial charge in [-0.05, 0) is 30.9 Å². The second-order valence-corrected chi connectivity index (χ2v) is 8.55. The number of likely N-dealkylation sites (N-methyl/N-ethyl adjacent to an activating group) is 1. The lowest BCUT2D eigenvalue weighted by Crippen LogP contribution is -2.48. The lowest BCUT2D eigenvalue weighted by atomic mass is 10.1. The van der Waals surface area contributed by atoms with Crippen molar-refractivity contribution in [3.63, 3.8) is 0 Å². The number of benzene rings is 1. The number of hydrogen-bond acceptors (Lipinski definition) is 4. The van der Waals surface area contributed by atoms with Crippen molar-refractivity contribution in [2.24, 2.45) is 16.8 Å². The lowest BCUT2D eigenvalue weighted by molar-refractivity contribution is 0.0945. The van der Waals surface area contributed by atoms with E-state index in [4.69, 9.17) is 9.73 Å². The number of ether oxygens (including phenoxy) is 1. The third-order valence-corrected chi connectivity index (χ3v) is 5.52. The van der Waals surface area contributed by atoms with Gasteiger partial charge in [0.25, 0.3) is 0 Å². The monoisotopic (exact) mass is 417 g/mol. The van der Waals surface area contributed by atoms with Crippen LogP contribution in [0.2, 0.25) is 0 Å². The van der Waals surface area contributed by atoms with Crippen LogP contribution in [-0.2, 0) is 11.3 Å². The summed E-state index contributed by atoms with van der Waals surface area (Å²) in [7, 11) is 0. The zero-order chi connectivity index (χ0) is 21.6. The molecule has 0 aliphatic carbocycles. The summed E-state index contributed by atoms with van der Waals surface area (Å²) < 4.78 is 5.85. The SMILES string of the molecule is CCNC(=NCC(C)COCc1ccccc1)NCC(C)CN1CCN(CC)CC1. The van der Waals surface area contributed by atoms with E-state index in [-0.39, 0.29) is 0 Å². The van der Waals surface area contributed by atoms with Crippen LogP contribution in [0.4, 0.5) is 0 Å². The third kappa shape index (κ3) is 9.92. The number of piperazine rings is 1. The van der Waals surface area contributed by atoms with E-state index in [2.05, 4.69) is 60.3 Å². The molecule has 2 rings (SSSR count). The minimum atomic E-state index is 0.386. The summed E-state index contributed by atoms with van der Waals surface area (Å²) in [6, 6.07) is 10.3. The Balaban J connectivity index is 1.66. The van der Waals surface area contributed by atoms with Gasteiger partial charge in [-0.2, -0.15) is 0 Å². The van der Waals surface area contributed by atoms with E-state index in [0.29, 0.717) is 18.4 Å². The van der Waals surface area contributed by atoms with Gasteiger partial charge in [0.1, 0.15) is 0 Å². The van der Waals surface area contributed by atoms with Gasteiger partial charge in [-0.25, -0.2) is 0 Å². The highest BCUT2D eigenvalue weighted by Crippen LogP contribution is 2.06. The molecule has 6 heteroatoms.